The highest BCUT2D eigenvalue weighted by Gasteiger charge is 2.37. The van der Waals surface area contributed by atoms with Gasteiger partial charge in [0.05, 0.1) is 19.0 Å². The van der Waals surface area contributed by atoms with Crippen molar-refractivity contribution in [2.45, 2.75) is 51.1 Å². The summed E-state index contributed by atoms with van der Waals surface area (Å²) in [6.07, 6.45) is 4.96. The lowest BCUT2D eigenvalue weighted by molar-refractivity contribution is -0.139. The molecular formula is C21H31N3O3. The Balaban J connectivity index is 1.49. The van der Waals surface area contributed by atoms with Crippen LogP contribution in [0.3, 0.4) is 0 Å². The van der Waals surface area contributed by atoms with E-state index in [0.29, 0.717) is 25.7 Å². The minimum atomic E-state index is -0.338. The number of carbonyl (C=O) groups excluding carboxylic acids is 2. The number of nitrogens with zero attached hydrogens (tertiary/aromatic N) is 2. The number of piperazine rings is 1. The summed E-state index contributed by atoms with van der Waals surface area (Å²) in [6.45, 7) is 4.50. The number of benzene rings is 1. The number of ether oxygens (including phenoxy) is 1. The maximum Gasteiger partial charge on any atom is 0.237 e. The van der Waals surface area contributed by atoms with Crippen LogP contribution < -0.4 is 10.1 Å². The first-order chi connectivity index (χ1) is 13.0. The second kappa shape index (κ2) is 9.22. The molecule has 0 radical (unpaired) electrons. The quantitative estimate of drug-likeness (QED) is 0.794. The van der Waals surface area contributed by atoms with E-state index in [1.54, 1.807) is 11.9 Å². The van der Waals surface area contributed by atoms with Gasteiger partial charge in [-0.1, -0.05) is 30.5 Å². The molecule has 1 saturated carbocycles. The SMILES string of the molecule is Cc1ccc(OCCN(C)C(=O)C[C@H]2C(=O)NCCN2C2CCCC2)cc1. The first-order valence-electron chi connectivity index (χ1n) is 10.0. The average Bonchev–Trinajstić information content (AvgIpc) is 3.19. The maximum atomic E-state index is 12.7. The molecule has 0 aromatic heterocycles. The van der Waals surface area contributed by atoms with Crippen molar-refractivity contribution < 1.29 is 14.3 Å². The number of rotatable bonds is 7. The van der Waals surface area contributed by atoms with E-state index in [1.807, 2.05) is 31.2 Å². The lowest BCUT2D eigenvalue weighted by Gasteiger charge is -2.39. The van der Waals surface area contributed by atoms with E-state index >= 15 is 0 Å². The Kier molecular flexibility index (Phi) is 6.72. The Morgan fingerprint density at radius 3 is 2.67 bits per heavy atom. The zero-order chi connectivity index (χ0) is 19.2. The number of amides is 2. The summed E-state index contributed by atoms with van der Waals surface area (Å²) in [5.41, 5.74) is 1.19. The van der Waals surface area contributed by atoms with E-state index in [-0.39, 0.29) is 24.3 Å². The summed E-state index contributed by atoms with van der Waals surface area (Å²) in [5, 5.41) is 2.92. The third-order valence-corrected chi connectivity index (χ3v) is 5.68. The number of likely N-dealkylation sites (N-methyl/N-ethyl adjacent to an activating group) is 1. The van der Waals surface area contributed by atoms with Crippen molar-refractivity contribution in [3.8, 4) is 5.75 Å². The van der Waals surface area contributed by atoms with Crippen molar-refractivity contribution in [2.75, 3.05) is 33.3 Å². The number of nitrogens with one attached hydrogen (secondary N) is 1. The zero-order valence-electron chi connectivity index (χ0n) is 16.4. The van der Waals surface area contributed by atoms with Gasteiger partial charge >= 0.3 is 0 Å². The Hall–Kier alpha value is -2.08. The normalized spacial score (nSPS) is 21.1. The lowest BCUT2D eigenvalue weighted by atomic mass is 10.0. The van der Waals surface area contributed by atoms with Crippen molar-refractivity contribution in [3.05, 3.63) is 29.8 Å². The van der Waals surface area contributed by atoms with Gasteiger partial charge in [0.2, 0.25) is 11.8 Å². The predicted molar refractivity (Wildman–Crippen MR) is 105 cm³/mol. The number of carbonyl (C=O) groups is 2. The molecule has 0 bridgehead atoms. The molecule has 6 nitrogen and oxygen atoms in total. The van der Waals surface area contributed by atoms with Gasteiger partial charge in [-0.3, -0.25) is 14.5 Å². The van der Waals surface area contributed by atoms with Crippen molar-refractivity contribution in [2.24, 2.45) is 0 Å². The van der Waals surface area contributed by atoms with E-state index in [4.69, 9.17) is 4.74 Å². The molecule has 1 aromatic carbocycles. The molecule has 1 aromatic rings. The Morgan fingerprint density at radius 1 is 1.26 bits per heavy atom. The largest absolute Gasteiger partial charge is 0.492 e. The fraction of sp³-hybridized carbons (Fsp3) is 0.619. The van der Waals surface area contributed by atoms with Gasteiger partial charge in [0.25, 0.3) is 0 Å². The van der Waals surface area contributed by atoms with Crippen molar-refractivity contribution in [1.82, 2.24) is 15.1 Å². The summed E-state index contributed by atoms with van der Waals surface area (Å²) in [6, 6.07) is 7.98. The van der Waals surface area contributed by atoms with E-state index in [2.05, 4.69) is 10.2 Å². The molecule has 0 unspecified atom stereocenters. The number of hydrogen-bond donors (Lipinski definition) is 1. The van der Waals surface area contributed by atoms with Gasteiger partial charge in [-0.25, -0.2) is 0 Å². The summed E-state index contributed by atoms with van der Waals surface area (Å²) >= 11 is 0. The standard InChI is InChI=1S/C21H31N3O3/c1-16-7-9-18(10-8-16)27-14-13-23(2)20(25)15-19-21(26)22-11-12-24(19)17-5-3-4-6-17/h7-10,17,19H,3-6,11-15H2,1-2H3,(H,22,26)/t19-/m0/s1. The molecule has 27 heavy (non-hydrogen) atoms. The van der Waals surface area contributed by atoms with Crippen LogP contribution in [0.5, 0.6) is 5.75 Å². The highest BCUT2D eigenvalue weighted by atomic mass is 16.5. The van der Waals surface area contributed by atoms with Crippen LogP contribution in [0.2, 0.25) is 0 Å². The van der Waals surface area contributed by atoms with Crippen LogP contribution in [-0.4, -0.2) is 67.0 Å². The van der Waals surface area contributed by atoms with Gasteiger partial charge in [0.15, 0.2) is 0 Å². The molecule has 6 heteroatoms. The maximum absolute atomic E-state index is 12.7. The Labute approximate surface area is 161 Å². The van der Waals surface area contributed by atoms with Gasteiger partial charge in [0.1, 0.15) is 12.4 Å². The summed E-state index contributed by atoms with van der Waals surface area (Å²) < 4.78 is 5.71. The van der Waals surface area contributed by atoms with Crippen LogP contribution in [0.25, 0.3) is 0 Å². The second-order valence-electron chi connectivity index (χ2n) is 7.66. The fourth-order valence-electron chi connectivity index (χ4n) is 4.00. The van der Waals surface area contributed by atoms with E-state index in [1.165, 1.54) is 18.4 Å². The van der Waals surface area contributed by atoms with Gasteiger partial charge < -0.3 is 15.0 Å². The molecule has 1 N–H and O–H groups in total. The fourth-order valence-corrected chi connectivity index (χ4v) is 4.00. The minimum absolute atomic E-state index is 0.00690. The highest BCUT2D eigenvalue weighted by Crippen LogP contribution is 2.27. The second-order valence-corrected chi connectivity index (χ2v) is 7.66. The molecule has 1 saturated heterocycles. The van der Waals surface area contributed by atoms with E-state index < -0.39 is 0 Å². The number of hydrogen-bond acceptors (Lipinski definition) is 4. The monoisotopic (exact) mass is 373 g/mol. The van der Waals surface area contributed by atoms with E-state index in [0.717, 1.165) is 25.1 Å². The highest BCUT2D eigenvalue weighted by molar-refractivity contribution is 5.88. The smallest absolute Gasteiger partial charge is 0.237 e. The molecular weight excluding hydrogens is 342 g/mol. The van der Waals surface area contributed by atoms with Gasteiger partial charge in [-0.05, 0) is 31.9 Å². The van der Waals surface area contributed by atoms with Crippen molar-refractivity contribution >= 4 is 11.8 Å². The first-order valence-corrected chi connectivity index (χ1v) is 10.0. The van der Waals surface area contributed by atoms with Gasteiger partial charge in [-0.15, -0.1) is 0 Å². The third-order valence-electron chi connectivity index (χ3n) is 5.68. The van der Waals surface area contributed by atoms with Crippen LogP contribution in [0, 0.1) is 6.92 Å². The molecule has 2 aliphatic rings. The van der Waals surface area contributed by atoms with Gasteiger partial charge in [0, 0.05) is 26.2 Å². The Bertz CT molecular complexity index is 641. The molecule has 1 heterocycles. The third kappa shape index (κ3) is 5.22. The molecule has 1 aliphatic heterocycles. The summed E-state index contributed by atoms with van der Waals surface area (Å²) in [5.74, 6) is 0.791. The summed E-state index contributed by atoms with van der Waals surface area (Å²) in [7, 11) is 1.78. The lowest BCUT2D eigenvalue weighted by Crippen LogP contribution is -2.59. The zero-order valence-corrected chi connectivity index (χ0v) is 16.4. The van der Waals surface area contributed by atoms with Crippen LogP contribution in [0.15, 0.2) is 24.3 Å². The van der Waals surface area contributed by atoms with Crippen LogP contribution in [0.4, 0.5) is 0 Å². The molecule has 1 aliphatic carbocycles. The molecule has 2 fully saturated rings. The van der Waals surface area contributed by atoms with Gasteiger partial charge in [-0.2, -0.15) is 0 Å². The molecule has 2 amide bonds. The number of aryl methyl sites for hydroxylation is 1. The van der Waals surface area contributed by atoms with Crippen LogP contribution in [-0.2, 0) is 9.59 Å². The van der Waals surface area contributed by atoms with Crippen molar-refractivity contribution in [1.29, 1.82) is 0 Å². The molecule has 3 rings (SSSR count). The molecule has 148 valence electrons. The topological polar surface area (TPSA) is 61.9 Å². The van der Waals surface area contributed by atoms with Crippen LogP contribution in [0.1, 0.15) is 37.7 Å². The molecule has 1 atom stereocenters. The predicted octanol–water partition coefficient (Wildman–Crippen LogP) is 1.97. The Morgan fingerprint density at radius 2 is 1.96 bits per heavy atom. The van der Waals surface area contributed by atoms with E-state index in [9.17, 15) is 9.59 Å². The first kappa shape index (κ1) is 19.7. The summed E-state index contributed by atoms with van der Waals surface area (Å²) in [4.78, 5) is 29.0. The average molecular weight is 373 g/mol. The minimum Gasteiger partial charge on any atom is -0.492 e. The van der Waals surface area contributed by atoms with Crippen molar-refractivity contribution in [3.63, 3.8) is 0 Å². The molecule has 0 spiro atoms. The van der Waals surface area contributed by atoms with Crippen LogP contribution >= 0.6 is 0 Å².